The Morgan fingerprint density at radius 3 is 2.88 bits per heavy atom. The monoisotopic (exact) mass is 230 g/mol. The third kappa shape index (κ3) is 3.73. The van der Waals surface area contributed by atoms with E-state index < -0.39 is 0 Å². The van der Waals surface area contributed by atoms with Gasteiger partial charge in [0.25, 0.3) is 0 Å². The molecule has 0 aromatic heterocycles. The van der Waals surface area contributed by atoms with Crippen LogP contribution >= 0.6 is 0 Å². The van der Waals surface area contributed by atoms with Crippen molar-refractivity contribution in [2.75, 3.05) is 33.4 Å². The molecule has 1 fully saturated rings. The second-order valence-corrected chi connectivity index (χ2v) is 4.42. The zero-order chi connectivity index (χ0) is 12.0. The molecule has 0 aromatic rings. The molecule has 1 aliphatic heterocycles. The smallest absolute Gasteiger partial charge is 0.225 e. The molecule has 3 atom stereocenters. The van der Waals surface area contributed by atoms with Crippen molar-refractivity contribution in [3.05, 3.63) is 0 Å². The van der Waals surface area contributed by atoms with E-state index in [-0.39, 0.29) is 24.5 Å². The van der Waals surface area contributed by atoms with E-state index >= 15 is 0 Å². The summed E-state index contributed by atoms with van der Waals surface area (Å²) in [5.41, 5.74) is 0. The Balaban J connectivity index is 2.40. The van der Waals surface area contributed by atoms with E-state index in [4.69, 9.17) is 9.84 Å². The number of aliphatic hydroxyl groups is 1. The van der Waals surface area contributed by atoms with Crippen LogP contribution in [-0.2, 0) is 9.53 Å². The van der Waals surface area contributed by atoms with Gasteiger partial charge in [0.2, 0.25) is 5.91 Å². The SMILES string of the molecule is COCC(CCO)NC(=O)[C@@H]1CNC[C@H]1C. The largest absolute Gasteiger partial charge is 0.396 e. The van der Waals surface area contributed by atoms with Gasteiger partial charge in [-0.2, -0.15) is 0 Å². The first-order chi connectivity index (χ1) is 7.69. The van der Waals surface area contributed by atoms with Gasteiger partial charge in [0.15, 0.2) is 0 Å². The van der Waals surface area contributed by atoms with Crippen LogP contribution in [0.2, 0.25) is 0 Å². The predicted molar refractivity (Wildman–Crippen MR) is 61.0 cm³/mol. The molecule has 0 bridgehead atoms. The van der Waals surface area contributed by atoms with Crippen molar-refractivity contribution >= 4 is 5.91 Å². The number of nitrogens with one attached hydrogen (secondary N) is 2. The number of ether oxygens (including phenoxy) is 1. The van der Waals surface area contributed by atoms with Crippen LogP contribution in [0.4, 0.5) is 0 Å². The van der Waals surface area contributed by atoms with Gasteiger partial charge in [-0.3, -0.25) is 4.79 Å². The second kappa shape index (κ2) is 6.83. The summed E-state index contributed by atoms with van der Waals surface area (Å²) in [7, 11) is 1.59. The molecule has 0 radical (unpaired) electrons. The molecule has 1 unspecified atom stereocenters. The Kier molecular flexibility index (Phi) is 5.73. The van der Waals surface area contributed by atoms with Crippen molar-refractivity contribution in [3.63, 3.8) is 0 Å². The zero-order valence-electron chi connectivity index (χ0n) is 10.0. The maximum atomic E-state index is 11.9. The van der Waals surface area contributed by atoms with Crippen LogP contribution in [0.5, 0.6) is 0 Å². The normalized spacial score (nSPS) is 26.7. The highest BCUT2D eigenvalue weighted by atomic mass is 16.5. The van der Waals surface area contributed by atoms with Crippen LogP contribution in [0, 0.1) is 11.8 Å². The molecular weight excluding hydrogens is 208 g/mol. The van der Waals surface area contributed by atoms with Gasteiger partial charge in [0, 0.05) is 20.3 Å². The topological polar surface area (TPSA) is 70.6 Å². The Labute approximate surface area is 96.6 Å². The fraction of sp³-hybridized carbons (Fsp3) is 0.909. The van der Waals surface area contributed by atoms with Crippen LogP contribution < -0.4 is 10.6 Å². The summed E-state index contributed by atoms with van der Waals surface area (Å²) in [6, 6.07) is -0.0877. The van der Waals surface area contributed by atoms with E-state index in [1.807, 2.05) is 0 Å². The van der Waals surface area contributed by atoms with Crippen molar-refractivity contribution < 1.29 is 14.6 Å². The fourth-order valence-corrected chi connectivity index (χ4v) is 2.02. The van der Waals surface area contributed by atoms with E-state index in [0.717, 1.165) is 13.1 Å². The highest BCUT2D eigenvalue weighted by Crippen LogP contribution is 2.16. The molecule has 1 rings (SSSR count). The Morgan fingerprint density at radius 2 is 2.38 bits per heavy atom. The molecule has 1 heterocycles. The zero-order valence-corrected chi connectivity index (χ0v) is 10.0. The first-order valence-corrected chi connectivity index (χ1v) is 5.80. The lowest BCUT2D eigenvalue weighted by Gasteiger charge is -2.20. The van der Waals surface area contributed by atoms with Crippen LogP contribution in [-0.4, -0.2) is 50.5 Å². The highest BCUT2D eigenvalue weighted by molar-refractivity contribution is 5.79. The molecular formula is C11H22N2O3. The lowest BCUT2D eigenvalue weighted by Crippen LogP contribution is -2.43. The molecule has 0 saturated carbocycles. The first-order valence-electron chi connectivity index (χ1n) is 5.80. The quantitative estimate of drug-likeness (QED) is 0.567. The van der Waals surface area contributed by atoms with Crippen LogP contribution in [0.3, 0.4) is 0 Å². The summed E-state index contributed by atoms with van der Waals surface area (Å²) in [4.78, 5) is 11.9. The molecule has 94 valence electrons. The van der Waals surface area contributed by atoms with E-state index in [9.17, 15) is 4.79 Å². The molecule has 1 saturated heterocycles. The number of carbonyl (C=O) groups is 1. The summed E-state index contributed by atoms with van der Waals surface area (Å²) in [5.74, 6) is 0.475. The summed E-state index contributed by atoms with van der Waals surface area (Å²) >= 11 is 0. The van der Waals surface area contributed by atoms with Crippen LogP contribution in [0.25, 0.3) is 0 Å². The summed E-state index contributed by atoms with van der Waals surface area (Å²) in [6.07, 6.45) is 0.536. The van der Waals surface area contributed by atoms with Crippen molar-refractivity contribution in [2.24, 2.45) is 11.8 Å². The average Bonchev–Trinajstić information content (AvgIpc) is 2.65. The van der Waals surface area contributed by atoms with Gasteiger partial charge in [-0.15, -0.1) is 0 Å². The minimum Gasteiger partial charge on any atom is -0.396 e. The van der Waals surface area contributed by atoms with Gasteiger partial charge in [0.05, 0.1) is 18.6 Å². The van der Waals surface area contributed by atoms with E-state index in [0.29, 0.717) is 18.9 Å². The summed E-state index contributed by atoms with van der Waals surface area (Å²) in [6.45, 7) is 4.22. The number of rotatable bonds is 6. The average molecular weight is 230 g/mol. The number of methoxy groups -OCH3 is 1. The molecule has 0 aromatic carbocycles. The van der Waals surface area contributed by atoms with Gasteiger partial charge in [0.1, 0.15) is 0 Å². The highest BCUT2D eigenvalue weighted by Gasteiger charge is 2.30. The third-order valence-electron chi connectivity index (χ3n) is 3.05. The number of hydrogen-bond donors (Lipinski definition) is 3. The van der Waals surface area contributed by atoms with Gasteiger partial charge in [-0.05, 0) is 18.9 Å². The number of hydrogen-bond acceptors (Lipinski definition) is 4. The molecule has 0 spiro atoms. The minimum atomic E-state index is -0.0877. The van der Waals surface area contributed by atoms with Crippen molar-refractivity contribution in [1.29, 1.82) is 0 Å². The van der Waals surface area contributed by atoms with Gasteiger partial charge >= 0.3 is 0 Å². The molecule has 5 nitrogen and oxygen atoms in total. The first kappa shape index (κ1) is 13.4. The van der Waals surface area contributed by atoms with Gasteiger partial charge < -0.3 is 20.5 Å². The van der Waals surface area contributed by atoms with Crippen LogP contribution in [0.1, 0.15) is 13.3 Å². The van der Waals surface area contributed by atoms with Crippen molar-refractivity contribution in [2.45, 2.75) is 19.4 Å². The Hall–Kier alpha value is -0.650. The summed E-state index contributed by atoms with van der Waals surface area (Å²) in [5, 5.41) is 15.0. The Bertz CT molecular complexity index is 217. The molecule has 1 aliphatic rings. The molecule has 5 heteroatoms. The minimum absolute atomic E-state index is 0.0399. The second-order valence-electron chi connectivity index (χ2n) is 4.42. The molecule has 1 amide bonds. The standard InChI is InChI=1S/C11H22N2O3/c1-8-5-12-6-10(8)11(15)13-9(3-4-14)7-16-2/h8-10,12,14H,3-7H2,1-2H3,(H,13,15)/t8-,9?,10-/m1/s1. The van der Waals surface area contributed by atoms with E-state index in [1.54, 1.807) is 7.11 Å². The van der Waals surface area contributed by atoms with E-state index in [2.05, 4.69) is 17.6 Å². The van der Waals surface area contributed by atoms with E-state index in [1.165, 1.54) is 0 Å². The molecule has 16 heavy (non-hydrogen) atoms. The van der Waals surface area contributed by atoms with Crippen LogP contribution in [0.15, 0.2) is 0 Å². The molecule has 0 aliphatic carbocycles. The fourth-order valence-electron chi connectivity index (χ4n) is 2.02. The van der Waals surface area contributed by atoms with Crippen molar-refractivity contribution in [1.82, 2.24) is 10.6 Å². The maximum Gasteiger partial charge on any atom is 0.225 e. The van der Waals surface area contributed by atoms with Gasteiger partial charge in [-0.25, -0.2) is 0 Å². The van der Waals surface area contributed by atoms with Crippen molar-refractivity contribution in [3.8, 4) is 0 Å². The maximum absolute atomic E-state index is 11.9. The summed E-state index contributed by atoms with van der Waals surface area (Å²) < 4.78 is 5.01. The third-order valence-corrected chi connectivity index (χ3v) is 3.05. The number of amides is 1. The number of carbonyl (C=O) groups excluding carboxylic acids is 1. The number of aliphatic hydroxyl groups excluding tert-OH is 1. The lowest BCUT2D eigenvalue weighted by molar-refractivity contribution is -0.126. The Morgan fingerprint density at radius 1 is 1.62 bits per heavy atom. The lowest BCUT2D eigenvalue weighted by atomic mass is 9.97. The van der Waals surface area contributed by atoms with Gasteiger partial charge in [-0.1, -0.05) is 6.92 Å². The predicted octanol–water partition coefficient (Wildman–Crippen LogP) is -0.644. The molecule has 3 N–H and O–H groups in total.